The standard InChI is InChI=1S/C54H72N4O10.C53H69N3O10.2CH4O3S/c1-36(2)27-47(49(61)32-44(29-41-17-13-10-14-18-41)53(64)56-48(28-37(3)4)51(62)54(7)35-67-54)55-52(63)43(21-19-40-15-11-9-12-16-40)31-45(60)34-58(23-25-66-26-24-58)33-42-20-22-50(68-39(6)59)46(30-42)38(5)57-65-8;1-35(2)26-46(48(60)31-43(28-40-16-12-9-13-17-40)52(63)55-47(27-36(3)4)50(61)53(7)34-65-53)54-51(62)42(20-18-39-14-10-8-11-15-39)30-44(59)33-56(22-24-64-25-23-56)32-41-19-21-49(66-38(6)58)45(29-41)37(5)57;2*1-5(2,3)4/h9-18,20,22,30,36-37,43-44,47-48H,19,21,23-29,31-35H2,1-8H3,(H-,55,56,63,64);8-17,19,21,29,35-36,42-43,46-47H,18,20,22-28,30-34H2,1-7H3,(H-,54,55,62,63);2*1H3,(H,2,3,4)/b57-38+;;;/t43-,44-,47+,48+,54-;42-,43-,46+,47+,53-;;/m11../s1. The van der Waals surface area contributed by atoms with Gasteiger partial charge in [-0.1, -0.05) is 182 Å². The van der Waals surface area contributed by atoms with Gasteiger partial charge < -0.3 is 72.6 Å². The van der Waals surface area contributed by atoms with E-state index in [4.69, 9.17) is 59.2 Å². The summed E-state index contributed by atoms with van der Waals surface area (Å²) in [7, 11) is -6.39. The number of hydrogen-bond acceptors (Lipinski definition) is 27. The molecular weight excluding hydrogens is 1890 g/mol. The van der Waals surface area contributed by atoms with Crippen LogP contribution in [0.3, 0.4) is 0 Å². The van der Waals surface area contributed by atoms with Gasteiger partial charge in [-0.3, -0.25) is 62.3 Å². The lowest BCUT2D eigenvalue weighted by molar-refractivity contribution is -0.940. The molecule has 10 rings (SSSR count). The number of morpholine rings is 2. The number of benzene rings is 6. The van der Waals surface area contributed by atoms with Crippen molar-refractivity contribution < 1.29 is 130 Å². The minimum absolute atomic E-state index is 0.00895. The van der Waals surface area contributed by atoms with Crippen molar-refractivity contribution in [1.29, 1.82) is 0 Å². The number of amides is 4. The molecule has 0 aromatic heterocycles. The van der Waals surface area contributed by atoms with Gasteiger partial charge in [0.2, 0.25) is 23.6 Å². The van der Waals surface area contributed by atoms with Crippen LogP contribution in [0.1, 0.15) is 210 Å². The van der Waals surface area contributed by atoms with E-state index in [-0.39, 0.29) is 133 Å². The fourth-order valence-electron chi connectivity index (χ4n) is 18.0. The molecule has 144 heavy (non-hydrogen) atoms. The van der Waals surface area contributed by atoms with Crippen molar-refractivity contribution in [3.63, 3.8) is 0 Å². The number of esters is 2. The van der Waals surface area contributed by atoms with Gasteiger partial charge in [0.15, 0.2) is 40.5 Å². The van der Waals surface area contributed by atoms with Crippen LogP contribution in [-0.4, -0.2) is 251 Å². The molecule has 10 atom stereocenters. The Hall–Kier alpha value is -11.1. The number of oxime groups is 1. The van der Waals surface area contributed by atoms with Crippen molar-refractivity contribution in [3.05, 3.63) is 202 Å². The van der Waals surface area contributed by atoms with Gasteiger partial charge in [0.25, 0.3) is 0 Å². The first-order valence-electron chi connectivity index (χ1n) is 49.5. The molecular formula is C109H149N7O26S2. The van der Waals surface area contributed by atoms with Gasteiger partial charge in [-0.05, 0) is 174 Å². The summed E-state index contributed by atoms with van der Waals surface area (Å²) in [6.07, 6.45) is 4.61. The van der Waals surface area contributed by atoms with Gasteiger partial charge in [-0.15, -0.1) is 0 Å². The van der Waals surface area contributed by atoms with E-state index < -0.39 is 109 Å². The van der Waals surface area contributed by atoms with E-state index in [1.807, 2.05) is 189 Å². The number of quaternary nitrogens is 2. The third-order valence-electron chi connectivity index (χ3n) is 25.4. The highest BCUT2D eigenvalue weighted by Gasteiger charge is 2.52. The van der Waals surface area contributed by atoms with E-state index in [0.29, 0.717) is 169 Å². The lowest BCUT2D eigenvalue weighted by Crippen LogP contribution is -2.57. The van der Waals surface area contributed by atoms with Gasteiger partial charge in [-0.25, -0.2) is 16.8 Å². The molecule has 33 nitrogen and oxygen atoms in total. The molecule has 4 aliphatic heterocycles. The van der Waals surface area contributed by atoms with Crippen LogP contribution in [0.5, 0.6) is 11.5 Å². The average Bonchev–Trinajstić information content (AvgIpc) is 1.72. The summed E-state index contributed by atoms with van der Waals surface area (Å²) in [5.41, 5.74) is 4.98. The molecule has 788 valence electrons. The molecule has 6 aromatic carbocycles. The van der Waals surface area contributed by atoms with Crippen LogP contribution in [-0.2, 0) is 140 Å². The van der Waals surface area contributed by atoms with E-state index in [2.05, 4.69) is 26.4 Å². The van der Waals surface area contributed by atoms with Crippen molar-refractivity contribution in [2.24, 2.45) is 52.5 Å². The topological polar surface area (TPSA) is 468 Å². The number of rotatable bonds is 53. The molecule has 0 bridgehead atoms. The number of ether oxygens (including phenoxy) is 6. The first kappa shape index (κ1) is 120. The number of carbonyl (C=O) groups is 13. The van der Waals surface area contributed by atoms with Crippen LogP contribution in [0.2, 0.25) is 0 Å². The first-order valence-corrected chi connectivity index (χ1v) is 53.1. The average molecular weight is 2040 g/mol. The second-order valence-corrected chi connectivity index (χ2v) is 43.5. The maximum Gasteiger partial charge on any atom is 0.308 e. The van der Waals surface area contributed by atoms with Crippen LogP contribution in [0.4, 0.5) is 0 Å². The molecule has 4 aliphatic rings. The molecule has 0 unspecified atom stereocenters. The number of carbonyl (C=O) groups excluding carboxylic acids is 13. The second kappa shape index (κ2) is 57.1. The number of aryl methyl sites for hydroxylation is 2. The van der Waals surface area contributed by atoms with E-state index in [1.54, 1.807) is 45.0 Å². The summed E-state index contributed by atoms with van der Waals surface area (Å²) in [5.74, 6) is -6.38. The van der Waals surface area contributed by atoms with E-state index in [9.17, 15) is 62.3 Å². The number of ketones is 7. The minimum Gasteiger partial charge on any atom is -0.748 e. The SMILES string of the molecule is CC(=O)Oc1ccc(C[N+]2(CC(=O)C[C@@H](CCc3ccccc3)C(=O)N[C@@H](CC(C)C)C(=O)C[C@@H](Cc3ccccc3)C(=O)N[C@@H](CC(C)C)C(=O)[C@@]3(C)CO3)CCOCC2)cc1C(C)=O.CO/N=C(\C)c1cc(C[N+]2(CC(=O)C[C@@H](CCc3ccccc3)C(=O)N[C@@H](CC(C)C)C(=O)C[C@@H](Cc3ccccc3)C(=O)N[C@@H](CC(C)C)C(=O)[C@@]3(C)CO3)CCOCC2)ccc1OC(C)=O.CS(=O)(=O)[O-].CS(=O)(=O)[O-]. The van der Waals surface area contributed by atoms with Gasteiger partial charge in [-0.2, -0.15) is 0 Å². The van der Waals surface area contributed by atoms with Gasteiger partial charge in [0, 0.05) is 92.4 Å². The Morgan fingerprint density at radius 3 is 1.00 bits per heavy atom. The quantitative estimate of drug-likeness (QED) is 0.00403. The van der Waals surface area contributed by atoms with Crippen LogP contribution in [0, 0.1) is 47.3 Å². The third kappa shape index (κ3) is 43.3. The summed E-state index contributed by atoms with van der Waals surface area (Å²) in [6.45, 7) is 30.8. The summed E-state index contributed by atoms with van der Waals surface area (Å²) < 4.78 is 88.4. The smallest absolute Gasteiger partial charge is 0.308 e. The Kier molecular flexibility index (Phi) is 47.5. The Balaban J connectivity index is 0.000000357. The zero-order valence-corrected chi connectivity index (χ0v) is 88.1. The van der Waals surface area contributed by atoms with Gasteiger partial charge in [0.05, 0.1) is 95.3 Å². The summed E-state index contributed by atoms with van der Waals surface area (Å²) in [4.78, 5) is 184. The predicted molar refractivity (Wildman–Crippen MR) is 541 cm³/mol. The van der Waals surface area contributed by atoms with Crippen LogP contribution < -0.4 is 30.7 Å². The monoisotopic (exact) mass is 2040 g/mol. The maximum absolute atomic E-state index is 14.6. The fourth-order valence-corrected chi connectivity index (χ4v) is 18.0. The Morgan fingerprint density at radius 2 is 0.701 bits per heavy atom. The van der Waals surface area contributed by atoms with E-state index >= 15 is 0 Å². The van der Waals surface area contributed by atoms with Crippen LogP contribution in [0.25, 0.3) is 0 Å². The van der Waals surface area contributed by atoms with Crippen LogP contribution in [0.15, 0.2) is 163 Å². The first-order chi connectivity index (χ1) is 67.7. The predicted octanol–water partition coefficient (Wildman–Crippen LogP) is 11.7. The Labute approximate surface area is 848 Å². The lowest BCUT2D eigenvalue weighted by Gasteiger charge is -2.41. The Morgan fingerprint density at radius 1 is 0.410 bits per heavy atom. The molecule has 0 saturated carbocycles. The molecule has 4 N–H and O–H groups in total. The van der Waals surface area contributed by atoms with Crippen molar-refractivity contribution in [2.75, 3.05) is 98.5 Å². The number of hydrogen-bond donors (Lipinski definition) is 4. The molecule has 0 radical (unpaired) electrons. The third-order valence-corrected chi connectivity index (χ3v) is 25.4. The molecule has 4 saturated heterocycles. The van der Waals surface area contributed by atoms with Crippen molar-refractivity contribution in [3.8, 4) is 11.5 Å². The second-order valence-electron chi connectivity index (χ2n) is 40.7. The molecule has 4 amide bonds. The molecule has 4 heterocycles. The van der Waals surface area contributed by atoms with Crippen molar-refractivity contribution in [1.82, 2.24) is 21.3 Å². The van der Waals surface area contributed by atoms with Crippen molar-refractivity contribution in [2.45, 2.75) is 235 Å². The largest absolute Gasteiger partial charge is 0.748 e. The highest BCUT2D eigenvalue weighted by atomic mass is 32.2. The fraction of sp³-hybridized carbons (Fsp3) is 0.541. The normalized spacial score (nSPS) is 18.0. The number of nitrogens with one attached hydrogen (secondary N) is 4. The molecule has 6 aromatic rings. The lowest BCUT2D eigenvalue weighted by atomic mass is 9.87. The number of nitrogens with zero attached hydrogens (tertiary/aromatic N) is 3. The van der Waals surface area contributed by atoms with Gasteiger partial charge in [0.1, 0.15) is 82.2 Å². The zero-order valence-electron chi connectivity index (χ0n) is 86.5. The van der Waals surface area contributed by atoms with Crippen LogP contribution >= 0.6 is 0 Å². The van der Waals surface area contributed by atoms with Crippen molar-refractivity contribution >= 4 is 102 Å². The van der Waals surface area contributed by atoms with E-state index in [1.165, 1.54) is 27.9 Å². The van der Waals surface area contributed by atoms with Gasteiger partial charge >= 0.3 is 11.9 Å². The molecule has 4 fully saturated rings. The zero-order chi connectivity index (χ0) is 106. The Bertz CT molecular complexity index is 5520. The summed E-state index contributed by atoms with van der Waals surface area (Å²) in [6, 6.07) is 45.6. The summed E-state index contributed by atoms with van der Waals surface area (Å²) >= 11 is 0. The minimum atomic E-state index is -3.92. The highest BCUT2D eigenvalue weighted by molar-refractivity contribution is 7.85. The molecule has 0 spiro atoms. The molecule has 35 heteroatoms. The number of epoxide rings is 2. The van der Waals surface area contributed by atoms with E-state index in [0.717, 1.165) is 33.4 Å². The molecule has 0 aliphatic carbocycles. The summed E-state index contributed by atoms with van der Waals surface area (Å²) in [5, 5.41) is 16.2. The highest BCUT2D eigenvalue weighted by Crippen LogP contribution is 2.35. The number of Topliss-reactive ketones (excluding diaryl/α,β-unsaturated/α-hetero) is 7. The maximum atomic E-state index is 14.6.